The summed E-state index contributed by atoms with van der Waals surface area (Å²) in [5.74, 6) is -1.66. The molecule has 0 aromatic heterocycles. The van der Waals surface area contributed by atoms with Gasteiger partial charge >= 0.3 is 0 Å². The highest BCUT2D eigenvalue weighted by Crippen LogP contribution is 2.42. The Hall–Kier alpha value is -2.14. The van der Waals surface area contributed by atoms with Gasteiger partial charge in [-0.2, -0.15) is 0 Å². The number of nitrogens with one attached hydrogen (secondary N) is 1. The smallest absolute Gasteiger partial charge is 0.260 e. The number of nitrogens with zero attached hydrogens (tertiary/aromatic N) is 1. The van der Waals surface area contributed by atoms with Crippen LogP contribution in [-0.2, 0) is 6.54 Å². The zero-order valence-electron chi connectivity index (χ0n) is 25.1. The molecule has 218 valence electrons. The van der Waals surface area contributed by atoms with Crippen molar-refractivity contribution < 1.29 is 13.5 Å². The first kappa shape index (κ1) is 31.4. The highest BCUT2D eigenvalue weighted by molar-refractivity contribution is 5.60. The molecule has 0 radical (unpaired) electrons. The predicted octanol–water partition coefficient (Wildman–Crippen LogP) is 10.2. The molecule has 3 rings (SSSR count). The van der Waals surface area contributed by atoms with E-state index in [1.807, 2.05) is 53.4 Å². The third-order valence-electron chi connectivity index (χ3n) is 8.72. The van der Waals surface area contributed by atoms with Crippen LogP contribution in [0.2, 0.25) is 0 Å². The van der Waals surface area contributed by atoms with E-state index < -0.39 is 5.92 Å². The van der Waals surface area contributed by atoms with Crippen molar-refractivity contribution in [3.05, 3.63) is 54.1 Å². The van der Waals surface area contributed by atoms with Gasteiger partial charge in [0.2, 0.25) is 0 Å². The minimum Gasteiger partial charge on any atom is -0.494 e. The van der Waals surface area contributed by atoms with Crippen molar-refractivity contribution >= 4 is 11.4 Å². The maximum absolute atomic E-state index is 13.7. The van der Waals surface area contributed by atoms with E-state index in [0.29, 0.717) is 23.8 Å². The number of anilines is 2. The van der Waals surface area contributed by atoms with Crippen molar-refractivity contribution in [2.75, 3.05) is 25.0 Å². The molecule has 1 aliphatic rings. The van der Waals surface area contributed by atoms with Gasteiger partial charge in [-0.15, -0.1) is 0 Å². The lowest BCUT2D eigenvalue weighted by molar-refractivity contribution is -0.0661. The molecule has 1 heterocycles. The number of rotatable bonds is 15. The molecule has 1 fully saturated rings. The number of unbranched alkanes of at least 4 members (excludes halogenated alkanes) is 6. The van der Waals surface area contributed by atoms with Crippen LogP contribution >= 0.6 is 0 Å². The molecule has 3 nitrogen and oxygen atoms in total. The first-order valence-corrected chi connectivity index (χ1v) is 15.1. The van der Waals surface area contributed by atoms with E-state index in [-0.39, 0.29) is 13.0 Å². The van der Waals surface area contributed by atoms with Crippen molar-refractivity contribution in [1.82, 2.24) is 4.90 Å². The molecule has 1 aliphatic heterocycles. The molecule has 0 bridgehead atoms. The van der Waals surface area contributed by atoms with Gasteiger partial charge < -0.3 is 10.1 Å². The molecule has 39 heavy (non-hydrogen) atoms. The molecule has 1 N–H and O–H groups in total. The van der Waals surface area contributed by atoms with Crippen LogP contribution in [0.25, 0.3) is 0 Å². The van der Waals surface area contributed by atoms with Gasteiger partial charge in [-0.05, 0) is 78.6 Å². The Labute approximate surface area is 236 Å². The SMILES string of the molecule is CC(C)(C)C(C)(C)CCCCCCCCCOc1ccc(Nc2ccc(CN3CCCC(F)(F)C3)cc2)cc1. The Morgan fingerprint density at radius 3 is 1.95 bits per heavy atom. The summed E-state index contributed by atoms with van der Waals surface area (Å²) in [5.41, 5.74) is 3.81. The van der Waals surface area contributed by atoms with Gasteiger partial charge in [-0.25, -0.2) is 8.78 Å². The topological polar surface area (TPSA) is 24.5 Å². The summed E-state index contributed by atoms with van der Waals surface area (Å²) in [6, 6.07) is 16.1. The number of halogens is 2. The fraction of sp³-hybridized carbons (Fsp3) is 0.647. The predicted molar refractivity (Wildman–Crippen MR) is 161 cm³/mol. The van der Waals surface area contributed by atoms with Crippen LogP contribution < -0.4 is 10.1 Å². The lowest BCUT2D eigenvalue weighted by atomic mass is 9.67. The summed E-state index contributed by atoms with van der Waals surface area (Å²) in [6.45, 7) is 13.8. The number of piperidine rings is 1. The van der Waals surface area contributed by atoms with Crippen molar-refractivity contribution in [2.24, 2.45) is 10.8 Å². The summed E-state index contributed by atoms with van der Waals surface area (Å²) in [6.07, 6.45) is 10.8. The number of benzene rings is 2. The monoisotopic (exact) mass is 542 g/mol. The first-order chi connectivity index (χ1) is 18.4. The van der Waals surface area contributed by atoms with E-state index in [1.165, 1.54) is 44.9 Å². The lowest BCUT2D eigenvalue weighted by Gasteiger charge is -2.39. The molecule has 0 aliphatic carbocycles. The van der Waals surface area contributed by atoms with Gasteiger partial charge in [0.25, 0.3) is 5.92 Å². The van der Waals surface area contributed by atoms with Crippen LogP contribution in [0.4, 0.5) is 20.2 Å². The van der Waals surface area contributed by atoms with Crippen molar-refractivity contribution in [1.29, 1.82) is 0 Å². The zero-order chi connectivity index (χ0) is 28.4. The number of hydrogen-bond acceptors (Lipinski definition) is 3. The van der Waals surface area contributed by atoms with E-state index in [1.54, 1.807) is 0 Å². The van der Waals surface area contributed by atoms with Crippen LogP contribution in [-0.4, -0.2) is 30.5 Å². The van der Waals surface area contributed by atoms with Gasteiger partial charge in [-0.1, -0.05) is 85.3 Å². The molecule has 5 heteroatoms. The van der Waals surface area contributed by atoms with Crippen LogP contribution in [0, 0.1) is 10.8 Å². The minimum atomic E-state index is -2.56. The molecule has 0 saturated carbocycles. The van der Waals surface area contributed by atoms with Gasteiger partial charge in [-0.3, -0.25) is 4.90 Å². The standard InChI is InChI=1S/C34H52F2N2O/c1-32(2,3)33(4,5)22-11-9-7-6-8-10-12-25-39-31-20-18-30(19-21-31)37-29-16-14-28(15-17-29)26-38-24-13-23-34(35,36)27-38/h14-21,37H,6-13,22-27H2,1-5H3. The fourth-order valence-electron chi connectivity index (χ4n) is 5.05. The highest BCUT2D eigenvalue weighted by atomic mass is 19.3. The molecule has 0 unspecified atom stereocenters. The summed E-state index contributed by atoms with van der Waals surface area (Å²) < 4.78 is 33.2. The second kappa shape index (κ2) is 14.5. The largest absolute Gasteiger partial charge is 0.494 e. The van der Waals surface area contributed by atoms with Crippen LogP contribution in [0.15, 0.2) is 48.5 Å². The van der Waals surface area contributed by atoms with Crippen molar-refractivity contribution in [2.45, 2.75) is 111 Å². The fourth-order valence-corrected chi connectivity index (χ4v) is 5.05. The van der Waals surface area contributed by atoms with Crippen molar-refractivity contribution in [3.8, 4) is 5.75 Å². The molecule has 0 amide bonds. The molecular formula is C34H52F2N2O. The lowest BCUT2D eigenvalue weighted by Crippen LogP contribution is -2.41. The van der Waals surface area contributed by atoms with Gasteiger partial charge in [0.15, 0.2) is 0 Å². The van der Waals surface area contributed by atoms with E-state index in [4.69, 9.17) is 4.74 Å². The Kier molecular flexibility index (Phi) is 11.7. The Bertz CT molecular complexity index is 964. The highest BCUT2D eigenvalue weighted by Gasteiger charge is 2.35. The van der Waals surface area contributed by atoms with Gasteiger partial charge in [0, 0.05) is 24.3 Å². The van der Waals surface area contributed by atoms with E-state index in [0.717, 1.165) is 42.3 Å². The maximum Gasteiger partial charge on any atom is 0.260 e. The second-order valence-corrected chi connectivity index (χ2v) is 13.2. The summed E-state index contributed by atoms with van der Waals surface area (Å²) in [5, 5.41) is 3.41. The van der Waals surface area contributed by atoms with Crippen LogP contribution in [0.1, 0.15) is 104 Å². The third-order valence-corrected chi connectivity index (χ3v) is 8.72. The minimum absolute atomic E-state index is 0.00734. The van der Waals surface area contributed by atoms with E-state index in [9.17, 15) is 8.78 Å². The molecule has 1 saturated heterocycles. The average molecular weight is 543 g/mol. The summed E-state index contributed by atoms with van der Waals surface area (Å²) >= 11 is 0. The quantitative estimate of drug-likeness (QED) is 0.227. The molecular weight excluding hydrogens is 490 g/mol. The third kappa shape index (κ3) is 11.1. The first-order valence-electron chi connectivity index (χ1n) is 15.1. The van der Waals surface area contributed by atoms with Gasteiger partial charge in [0.05, 0.1) is 13.2 Å². The van der Waals surface area contributed by atoms with Crippen molar-refractivity contribution in [3.63, 3.8) is 0 Å². The molecule has 2 aromatic rings. The van der Waals surface area contributed by atoms with Crippen LogP contribution in [0.3, 0.4) is 0 Å². The number of likely N-dealkylation sites (tertiary alicyclic amines) is 1. The second-order valence-electron chi connectivity index (χ2n) is 13.2. The number of ether oxygens (including phenoxy) is 1. The Morgan fingerprint density at radius 1 is 0.795 bits per heavy atom. The molecule has 2 aromatic carbocycles. The Balaban J connectivity index is 1.26. The van der Waals surface area contributed by atoms with E-state index >= 15 is 0 Å². The summed E-state index contributed by atoms with van der Waals surface area (Å²) in [4.78, 5) is 1.85. The van der Waals surface area contributed by atoms with Gasteiger partial charge in [0.1, 0.15) is 5.75 Å². The molecule has 0 atom stereocenters. The average Bonchev–Trinajstić information content (AvgIpc) is 2.86. The molecule has 0 spiro atoms. The van der Waals surface area contributed by atoms with E-state index in [2.05, 4.69) is 39.9 Å². The normalized spacial score (nSPS) is 16.3. The zero-order valence-corrected chi connectivity index (χ0v) is 25.1. The van der Waals surface area contributed by atoms with Crippen LogP contribution in [0.5, 0.6) is 5.75 Å². The number of hydrogen-bond donors (Lipinski definition) is 1. The maximum atomic E-state index is 13.7. The Morgan fingerprint density at radius 2 is 1.36 bits per heavy atom. The summed E-state index contributed by atoms with van der Waals surface area (Å²) in [7, 11) is 0. The number of alkyl halides is 2.